The van der Waals surface area contributed by atoms with E-state index in [4.69, 9.17) is 4.43 Å². The number of hydrogen-bond donors (Lipinski definition) is 0. The summed E-state index contributed by atoms with van der Waals surface area (Å²) in [4.78, 5) is 4.44. The fraction of sp³-hybridized carbons (Fsp3) is 0.875. The summed E-state index contributed by atoms with van der Waals surface area (Å²) in [5, 5.41) is 0. The Morgan fingerprint density at radius 1 is 1.36 bits per heavy atom. The summed E-state index contributed by atoms with van der Waals surface area (Å²) in [6, 6.07) is 1.07. The predicted octanol–water partition coefficient (Wildman–Crippen LogP) is 1.93. The van der Waals surface area contributed by atoms with Crippen molar-refractivity contribution >= 4 is 15.5 Å². The van der Waals surface area contributed by atoms with Crippen LogP contribution < -0.4 is 0 Å². The molecule has 0 heterocycles. The topological polar surface area (TPSA) is 21.6 Å². The van der Waals surface area contributed by atoms with E-state index < -0.39 is 0 Å². The maximum absolute atomic E-state index is 4.95. The van der Waals surface area contributed by atoms with Crippen LogP contribution in [0.15, 0.2) is 4.99 Å². The zero-order valence-electron chi connectivity index (χ0n) is 7.68. The lowest BCUT2D eigenvalue weighted by molar-refractivity contribution is 0.441. The highest BCUT2D eigenvalue weighted by Gasteiger charge is 1.91. The summed E-state index contributed by atoms with van der Waals surface area (Å²) in [6.45, 7) is 5.24. The molecule has 0 spiro atoms. The molecule has 11 heavy (non-hydrogen) atoms. The Morgan fingerprint density at radius 2 is 2.00 bits per heavy atom. The van der Waals surface area contributed by atoms with E-state index in [1.807, 2.05) is 0 Å². The summed E-state index contributed by atoms with van der Waals surface area (Å²) in [5.74, 6) is 0. The van der Waals surface area contributed by atoms with E-state index in [1.165, 1.54) is 5.71 Å². The van der Waals surface area contributed by atoms with Gasteiger partial charge in [-0.1, -0.05) is 13.8 Å². The molecular weight excluding hydrogens is 154 g/mol. The molecule has 0 rings (SSSR count). The molecular formula is C8H17NOSi. The van der Waals surface area contributed by atoms with Gasteiger partial charge in [0.2, 0.25) is 9.76 Å². The third kappa shape index (κ3) is 6.25. The molecule has 3 heteroatoms. The second-order valence-corrected chi connectivity index (χ2v) is 3.45. The van der Waals surface area contributed by atoms with Gasteiger partial charge in [-0.15, -0.1) is 0 Å². The highest BCUT2D eigenvalue weighted by molar-refractivity contribution is 6.27. The van der Waals surface area contributed by atoms with Gasteiger partial charge >= 0.3 is 0 Å². The van der Waals surface area contributed by atoms with Crippen molar-refractivity contribution in [3.8, 4) is 0 Å². The summed E-state index contributed by atoms with van der Waals surface area (Å²) in [7, 11) is 2.35. The van der Waals surface area contributed by atoms with Gasteiger partial charge in [-0.05, 0) is 18.9 Å². The second-order valence-electron chi connectivity index (χ2n) is 2.25. The average molecular weight is 171 g/mol. The number of aliphatic imine (C=N–C) groups is 1. The SMILES string of the molecule is CCC(CC)=NCC[Si]OC. The minimum Gasteiger partial charge on any atom is -0.421 e. The maximum atomic E-state index is 4.95. The van der Waals surface area contributed by atoms with E-state index in [0.717, 1.165) is 25.4 Å². The van der Waals surface area contributed by atoms with E-state index in [9.17, 15) is 0 Å². The normalized spacial score (nSPS) is 9.73. The molecule has 0 N–H and O–H groups in total. The lowest BCUT2D eigenvalue weighted by atomic mass is 10.2. The first-order valence-electron chi connectivity index (χ1n) is 4.13. The van der Waals surface area contributed by atoms with Crippen LogP contribution in [-0.4, -0.2) is 29.1 Å². The van der Waals surface area contributed by atoms with Crippen LogP contribution >= 0.6 is 0 Å². The van der Waals surface area contributed by atoms with Crippen LogP contribution in [0, 0.1) is 0 Å². The molecule has 0 unspecified atom stereocenters. The van der Waals surface area contributed by atoms with Crippen LogP contribution in [0.3, 0.4) is 0 Å². The van der Waals surface area contributed by atoms with Gasteiger partial charge in [-0.25, -0.2) is 0 Å². The molecule has 0 bridgehead atoms. The fourth-order valence-corrected chi connectivity index (χ4v) is 1.24. The predicted molar refractivity (Wildman–Crippen MR) is 50.5 cm³/mol. The minimum atomic E-state index is 0.610. The van der Waals surface area contributed by atoms with Gasteiger partial charge in [0, 0.05) is 19.4 Å². The standard InChI is InChI=1S/C8H17NOSi/c1-4-8(5-2)9-6-7-11-10-3/h4-7H2,1-3H3. The van der Waals surface area contributed by atoms with Crippen molar-refractivity contribution < 1.29 is 4.43 Å². The van der Waals surface area contributed by atoms with Gasteiger partial charge < -0.3 is 4.43 Å². The van der Waals surface area contributed by atoms with Crippen molar-refractivity contribution in [1.82, 2.24) is 0 Å². The molecule has 0 aliphatic rings. The van der Waals surface area contributed by atoms with E-state index in [2.05, 4.69) is 18.8 Å². The van der Waals surface area contributed by atoms with Crippen molar-refractivity contribution in [3.05, 3.63) is 0 Å². The fourth-order valence-electron chi connectivity index (χ4n) is 0.835. The second kappa shape index (κ2) is 7.95. The molecule has 0 atom stereocenters. The zero-order chi connectivity index (χ0) is 8.53. The van der Waals surface area contributed by atoms with Gasteiger partial charge in [-0.3, -0.25) is 4.99 Å². The number of nitrogens with zero attached hydrogens (tertiary/aromatic N) is 1. The monoisotopic (exact) mass is 171 g/mol. The van der Waals surface area contributed by atoms with Crippen LogP contribution in [0.2, 0.25) is 6.04 Å². The average Bonchev–Trinajstić information content (AvgIpc) is 2.05. The summed E-state index contributed by atoms with van der Waals surface area (Å²) in [5.41, 5.74) is 1.32. The van der Waals surface area contributed by atoms with Gasteiger partial charge in [-0.2, -0.15) is 0 Å². The molecule has 0 aromatic rings. The molecule has 2 nitrogen and oxygen atoms in total. The van der Waals surface area contributed by atoms with Crippen molar-refractivity contribution in [2.24, 2.45) is 4.99 Å². The number of hydrogen-bond acceptors (Lipinski definition) is 2. The van der Waals surface area contributed by atoms with Gasteiger partial charge in [0.25, 0.3) is 0 Å². The lowest BCUT2D eigenvalue weighted by Gasteiger charge is -1.98. The molecule has 0 saturated carbocycles. The Kier molecular flexibility index (Phi) is 7.84. The number of rotatable bonds is 6. The lowest BCUT2D eigenvalue weighted by Crippen LogP contribution is -1.99. The Morgan fingerprint density at radius 3 is 2.45 bits per heavy atom. The summed E-state index contributed by atoms with van der Waals surface area (Å²) < 4.78 is 4.95. The first kappa shape index (κ1) is 10.8. The van der Waals surface area contributed by atoms with Crippen molar-refractivity contribution in [3.63, 3.8) is 0 Å². The van der Waals surface area contributed by atoms with Crippen LogP contribution in [-0.2, 0) is 4.43 Å². The first-order valence-corrected chi connectivity index (χ1v) is 5.24. The summed E-state index contributed by atoms with van der Waals surface area (Å²) in [6.07, 6.45) is 2.18. The maximum Gasteiger partial charge on any atom is 0.230 e. The van der Waals surface area contributed by atoms with Crippen LogP contribution in [0.1, 0.15) is 26.7 Å². The van der Waals surface area contributed by atoms with Gasteiger partial charge in [0.1, 0.15) is 0 Å². The Labute approximate surface area is 72.0 Å². The molecule has 0 aromatic carbocycles. The largest absolute Gasteiger partial charge is 0.421 e. The molecule has 0 fully saturated rings. The smallest absolute Gasteiger partial charge is 0.230 e. The van der Waals surface area contributed by atoms with Gasteiger partial charge in [0.15, 0.2) is 0 Å². The highest BCUT2D eigenvalue weighted by atomic mass is 28.2. The highest BCUT2D eigenvalue weighted by Crippen LogP contribution is 1.93. The third-order valence-corrected chi connectivity index (χ3v) is 2.23. The van der Waals surface area contributed by atoms with E-state index in [1.54, 1.807) is 7.11 Å². The van der Waals surface area contributed by atoms with Crippen molar-refractivity contribution in [2.45, 2.75) is 32.7 Å². The third-order valence-electron chi connectivity index (χ3n) is 1.51. The Hall–Kier alpha value is -0.153. The minimum absolute atomic E-state index is 0.610. The van der Waals surface area contributed by atoms with E-state index >= 15 is 0 Å². The quantitative estimate of drug-likeness (QED) is 0.340. The van der Waals surface area contributed by atoms with E-state index in [0.29, 0.717) is 9.76 Å². The molecule has 2 radical (unpaired) electrons. The zero-order valence-corrected chi connectivity index (χ0v) is 8.68. The molecule has 0 aliphatic carbocycles. The molecule has 0 saturated heterocycles. The van der Waals surface area contributed by atoms with Crippen LogP contribution in [0.4, 0.5) is 0 Å². The molecule has 64 valence electrons. The Bertz CT molecular complexity index is 109. The molecule has 0 aromatic heterocycles. The van der Waals surface area contributed by atoms with E-state index in [-0.39, 0.29) is 0 Å². The Balaban J connectivity index is 3.37. The van der Waals surface area contributed by atoms with Crippen molar-refractivity contribution in [2.75, 3.05) is 13.7 Å². The first-order chi connectivity index (χ1) is 5.35. The van der Waals surface area contributed by atoms with Crippen LogP contribution in [0.5, 0.6) is 0 Å². The summed E-state index contributed by atoms with van der Waals surface area (Å²) >= 11 is 0. The molecule has 0 aliphatic heterocycles. The van der Waals surface area contributed by atoms with Crippen molar-refractivity contribution in [1.29, 1.82) is 0 Å². The van der Waals surface area contributed by atoms with Gasteiger partial charge in [0.05, 0.1) is 0 Å². The molecule has 0 amide bonds. The van der Waals surface area contributed by atoms with Crippen LogP contribution in [0.25, 0.3) is 0 Å².